The molecule has 0 aromatic heterocycles. The predicted molar refractivity (Wildman–Crippen MR) is 65.7 cm³/mol. The topological polar surface area (TPSA) is 90.6 Å². The van der Waals surface area contributed by atoms with Crippen LogP contribution < -0.4 is 20.5 Å². The monoisotopic (exact) mass is 252 g/mol. The van der Waals surface area contributed by atoms with Crippen LogP contribution in [0.1, 0.15) is 17.3 Å². The number of carbonyl (C=O) groups is 2. The molecule has 2 amide bonds. The number of rotatable bonds is 6. The smallest absolute Gasteiger partial charge is 0.251 e. The first-order valence-electron chi connectivity index (χ1n) is 5.45. The lowest BCUT2D eigenvalue weighted by molar-refractivity contribution is -0.117. The fourth-order valence-electron chi connectivity index (χ4n) is 1.35. The summed E-state index contributed by atoms with van der Waals surface area (Å²) in [6, 6.07) is 4.77. The van der Waals surface area contributed by atoms with E-state index < -0.39 is 11.8 Å². The van der Waals surface area contributed by atoms with E-state index in [0.717, 1.165) is 0 Å². The summed E-state index contributed by atoms with van der Waals surface area (Å²) in [5.74, 6) is 0.0337. The van der Waals surface area contributed by atoms with E-state index in [4.69, 9.17) is 15.2 Å². The fraction of sp³-hybridized carbons (Fsp3) is 0.333. The maximum atomic E-state index is 11.7. The highest BCUT2D eigenvalue weighted by molar-refractivity contribution is 5.96. The number of hydrogen-bond acceptors (Lipinski definition) is 4. The van der Waals surface area contributed by atoms with Crippen LogP contribution in [0.15, 0.2) is 18.2 Å². The molecule has 0 fully saturated rings. The second kappa shape index (κ2) is 6.48. The summed E-state index contributed by atoms with van der Waals surface area (Å²) in [4.78, 5) is 22.2. The molecule has 3 N–H and O–H groups in total. The van der Waals surface area contributed by atoms with E-state index in [9.17, 15) is 9.59 Å². The van der Waals surface area contributed by atoms with Crippen molar-refractivity contribution in [2.45, 2.75) is 6.92 Å². The lowest BCUT2D eigenvalue weighted by Gasteiger charge is -2.10. The van der Waals surface area contributed by atoms with Crippen LogP contribution in [0.2, 0.25) is 0 Å². The van der Waals surface area contributed by atoms with Gasteiger partial charge in [0, 0.05) is 5.56 Å². The van der Waals surface area contributed by atoms with Crippen LogP contribution in [0.5, 0.6) is 11.5 Å². The molecule has 0 heterocycles. The molecule has 98 valence electrons. The van der Waals surface area contributed by atoms with E-state index >= 15 is 0 Å². The van der Waals surface area contributed by atoms with Crippen LogP contribution in [0.3, 0.4) is 0 Å². The number of benzene rings is 1. The van der Waals surface area contributed by atoms with Gasteiger partial charge in [-0.15, -0.1) is 0 Å². The first-order chi connectivity index (χ1) is 8.58. The highest BCUT2D eigenvalue weighted by Gasteiger charge is 2.11. The Bertz CT molecular complexity index is 446. The molecule has 0 spiro atoms. The van der Waals surface area contributed by atoms with Crippen molar-refractivity contribution in [2.24, 2.45) is 5.73 Å². The Kier molecular flexibility index (Phi) is 4.98. The van der Waals surface area contributed by atoms with Crippen LogP contribution in [0.4, 0.5) is 0 Å². The SMILES string of the molecule is CCOc1ccc(C(=O)NCC(N)=O)cc1OC. The van der Waals surface area contributed by atoms with Crippen molar-refractivity contribution in [3.63, 3.8) is 0 Å². The second-order valence-corrected chi connectivity index (χ2v) is 3.45. The molecule has 1 aromatic rings. The van der Waals surface area contributed by atoms with Gasteiger partial charge in [-0.3, -0.25) is 9.59 Å². The summed E-state index contributed by atoms with van der Waals surface area (Å²) in [6.07, 6.45) is 0. The number of amides is 2. The van der Waals surface area contributed by atoms with Crippen molar-refractivity contribution in [1.29, 1.82) is 0 Å². The molecule has 0 saturated heterocycles. The van der Waals surface area contributed by atoms with E-state index in [2.05, 4.69) is 5.32 Å². The van der Waals surface area contributed by atoms with Gasteiger partial charge < -0.3 is 20.5 Å². The molecule has 0 aliphatic carbocycles. The third-order valence-corrected chi connectivity index (χ3v) is 2.15. The molecule has 6 heteroatoms. The number of hydrogen-bond donors (Lipinski definition) is 2. The first-order valence-corrected chi connectivity index (χ1v) is 5.45. The molecule has 0 saturated carbocycles. The largest absolute Gasteiger partial charge is 0.493 e. The lowest BCUT2D eigenvalue weighted by atomic mass is 10.2. The fourth-order valence-corrected chi connectivity index (χ4v) is 1.35. The molecule has 0 unspecified atom stereocenters. The zero-order chi connectivity index (χ0) is 13.5. The van der Waals surface area contributed by atoms with Gasteiger partial charge in [-0.05, 0) is 25.1 Å². The maximum Gasteiger partial charge on any atom is 0.251 e. The molecular weight excluding hydrogens is 236 g/mol. The Labute approximate surface area is 105 Å². The summed E-state index contributed by atoms with van der Waals surface area (Å²) >= 11 is 0. The van der Waals surface area contributed by atoms with Crippen molar-refractivity contribution < 1.29 is 19.1 Å². The van der Waals surface area contributed by atoms with Gasteiger partial charge in [-0.25, -0.2) is 0 Å². The Morgan fingerprint density at radius 1 is 1.33 bits per heavy atom. The van der Waals surface area contributed by atoms with Gasteiger partial charge in [0.1, 0.15) is 0 Å². The molecule has 0 atom stereocenters. The maximum absolute atomic E-state index is 11.7. The highest BCUT2D eigenvalue weighted by Crippen LogP contribution is 2.27. The van der Waals surface area contributed by atoms with E-state index in [1.54, 1.807) is 18.2 Å². The van der Waals surface area contributed by atoms with Crippen LogP contribution in [-0.4, -0.2) is 32.1 Å². The Hall–Kier alpha value is -2.24. The van der Waals surface area contributed by atoms with Gasteiger partial charge >= 0.3 is 0 Å². The summed E-state index contributed by atoms with van der Waals surface area (Å²) in [5.41, 5.74) is 5.31. The third kappa shape index (κ3) is 3.65. The zero-order valence-electron chi connectivity index (χ0n) is 10.4. The van der Waals surface area contributed by atoms with Crippen molar-refractivity contribution in [1.82, 2.24) is 5.32 Å². The van der Waals surface area contributed by atoms with Crippen LogP contribution in [-0.2, 0) is 4.79 Å². The van der Waals surface area contributed by atoms with Gasteiger partial charge in [0.15, 0.2) is 11.5 Å². The summed E-state index contributed by atoms with van der Waals surface area (Å²) in [5, 5.41) is 2.39. The Morgan fingerprint density at radius 3 is 2.61 bits per heavy atom. The number of ether oxygens (including phenoxy) is 2. The van der Waals surface area contributed by atoms with Crippen LogP contribution in [0.25, 0.3) is 0 Å². The molecular formula is C12H16N2O4. The molecule has 0 bridgehead atoms. The Morgan fingerprint density at radius 2 is 2.06 bits per heavy atom. The summed E-state index contributed by atoms with van der Waals surface area (Å²) in [6.45, 7) is 2.16. The lowest BCUT2D eigenvalue weighted by Crippen LogP contribution is -2.33. The number of nitrogens with two attached hydrogens (primary N) is 1. The first kappa shape index (κ1) is 13.8. The van der Waals surface area contributed by atoms with E-state index in [-0.39, 0.29) is 6.54 Å². The van der Waals surface area contributed by atoms with Gasteiger partial charge in [-0.2, -0.15) is 0 Å². The minimum atomic E-state index is -0.596. The molecule has 1 aromatic carbocycles. The number of nitrogens with one attached hydrogen (secondary N) is 1. The average Bonchev–Trinajstić information content (AvgIpc) is 2.36. The minimum Gasteiger partial charge on any atom is -0.493 e. The Balaban J connectivity index is 2.84. The van der Waals surface area contributed by atoms with Crippen molar-refractivity contribution in [2.75, 3.05) is 20.3 Å². The van der Waals surface area contributed by atoms with Crippen molar-refractivity contribution in [3.05, 3.63) is 23.8 Å². The average molecular weight is 252 g/mol. The molecule has 0 radical (unpaired) electrons. The number of carbonyl (C=O) groups excluding carboxylic acids is 2. The van der Waals surface area contributed by atoms with Crippen LogP contribution >= 0.6 is 0 Å². The highest BCUT2D eigenvalue weighted by atomic mass is 16.5. The summed E-state index contributed by atoms with van der Waals surface area (Å²) in [7, 11) is 1.49. The van der Waals surface area contributed by atoms with Crippen molar-refractivity contribution >= 4 is 11.8 Å². The van der Waals surface area contributed by atoms with Gasteiger partial charge in [-0.1, -0.05) is 0 Å². The minimum absolute atomic E-state index is 0.200. The summed E-state index contributed by atoms with van der Waals surface area (Å²) < 4.78 is 10.4. The standard InChI is InChI=1S/C12H16N2O4/c1-3-18-9-5-4-8(6-10(9)17-2)12(16)14-7-11(13)15/h4-6H,3,7H2,1-2H3,(H2,13,15)(H,14,16). The molecule has 18 heavy (non-hydrogen) atoms. The van der Waals surface area contributed by atoms with E-state index in [0.29, 0.717) is 23.7 Å². The quantitative estimate of drug-likeness (QED) is 0.762. The van der Waals surface area contributed by atoms with Gasteiger partial charge in [0.25, 0.3) is 5.91 Å². The second-order valence-electron chi connectivity index (χ2n) is 3.45. The van der Waals surface area contributed by atoms with Crippen LogP contribution in [0, 0.1) is 0 Å². The zero-order valence-corrected chi connectivity index (χ0v) is 10.4. The van der Waals surface area contributed by atoms with Crippen molar-refractivity contribution in [3.8, 4) is 11.5 Å². The molecule has 0 aliphatic rings. The van der Waals surface area contributed by atoms with Gasteiger partial charge in [0.05, 0.1) is 20.3 Å². The van der Waals surface area contributed by atoms with Gasteiger partial charge in [0.2, 0.25) is 5.91 Å². The number of methoxy groups -OCH3 is 1. The normalized spacial score (nSPS) is 9.67. The number of primary amides is 1. The third-order valence-electron chi connectivity index (χ3n) is 2.15. The van der Waals surface area contributed by atoms with E-state index in [1.165, 1.54) is 7.11 Å². The molecule has 0 aliphatic heterocycles. The molecule has 6 nitrogen and oxygen atoms in total. The van der Waals surface area contributed by atoms with E-state index in [1.807, 2.05) is 6.92 Å². The molecule has 1 rings (SSSR count). The predicted octanol–water partition coefficient (Wildman–Crippen LogP) is 0.309.